The van der Waals surface area contributed by atoms with Crippen LogP contribution in [0.1, 0.15) is 32.8 Å². The summed E-state index contributed by atoms with van der Waals surface area (Å²) in [5.41, 5.74) is 2.85. The fourth-order valence-electron chi connectivity index (χ4n) is 1.90. The van der Waals surface area contributed by atoms with E-state index in [1.54, 1.807) is 0 Å². The minimum Gasteiger partial charge on any atom is -0.352 e. The van der Waals surface area contributed by atoms with Gasteiger partial charge in [-0.15, -0.1) is 11.3 Å². The Morgan fingerprint density at radius 3 is 2.57 bits per heavy atom. The molecule has 5 nitrogen and oxygen atoms in total. The molecule has 1 unspecified atom stereocenters. The van der Waals surface area contributed by atoms with Gasteiger partial charge in [0.2, 0.25) is 11.8 Å². The molecule has 0 aliphatic heterocycles. The number of carbonyl (C=O) groups excluding carboxylic acids is 2. The van der Waals surface area contributed by atoms with E-state index in [1.165, 1.54) is 18.3 Å². The Bertz CT molecular complexity index is 679. The Morgan fingerprint density at radius 2 is 1.96 bits per heavy atom. The number of nitrogens with one attached hydrogen (secondary N) is 2. The van der Waals surface area contributed by atoms with E-state index in [9.17, 15) is 9.59 Å². The van der Waals surface area contributed by atoms with Gasteiger partial charge >= 0.3 is 0 Å². The smallest absolute Gasteiger partial charge is 0.228 e. The average Bonchev–Trinajstić information content (AvgIpc) is 3.01. The van der Waals surface area contributed by atoms with Crippen LogP contribution in [0.25, 0.3) is 11.3 Å². The first-order valence-electron chi connectivity index (χ1n) is 7.59. The van der Waals surface area contributed by atoms with Gasteiger partial charge in [0.1, 0.15) is 0 Å². The molecule has 2 N–H and O–H groups in total. The summed E-state index contributed by atoms with van der Waals surface area (Å²) in [6, 6.07) is 7.85. The van der Waals surface area contributed by atoms with Crippen LogP contribution in [0.3, 0.4) is 0 Å². The molecule has 2 rings (SSSR count). The molecule has 0 spiro atoms. The number of nitrogens with zero attached hydrogens (tertiary/aromatic N) is 1. The maximum atomic E-state index is 11.9. The van der Waals surface area contributed by atoms with E-state index in [2.05, 4.69) is 15.6 Å². The molecule has 0 saturated heterocycles. The van der Waals surface area contributed by atoms with Crippen molar-refractivity contribution in [1.82, 2.24) is 10.3 Å². The second kappa shape index (κ2) is 7.87. The first kappa shape index (κ1) is 17.1. The molecule has 23 heavy (non-hydrogen) atoms. The summed E-state index contributed by atoms with van der Waals surface area (Å²) < 4.78 is 0. The van der Waals surface area contributed by atoms with Crippen LogP contribution in [-0.4, -0.2) is 16.8 Å². The fraction of sp³-hybridized carbons (Fsp3) is 0.353. The van der Waals surface area contributed by atoms with E-state index < -0.39 is 0 Å². The highest BCUT2D eigenvalue weighted by Crippen LogP contribution is 2.25. The number of anilines is 1. The molecule has 0 aliphatic rings. The molecule has 0 saturated carbocycles. The van der Waals surface area contributed by atoms with Crippen LogP contribution in [0.5, 0.6) is 0 Å². The van der Waals surface area contributed by atoms with Crippen LogP contribution >= 0.6 is 11.3 Å². The Kier molecular flexibility index (Phi) is 5.87. The van der Waals surface area contributed by atoms with Crippen molar-refractivity contribution < 1.29 is 9.59 Å². The maximum Gasteiger partial charge on any atom is 0.228 e. The van der Waals surface area contributed by atoms with E-state index in [1.807, 2.05) is 43.5 Å². The third-order valence-corrected chi connectivity index (χ3v) is 4.34. The maximum absolute atomic E-state index is 11.9. The summed E-state index contributed by atoms with van der Waals surface area (Å²) >= 11 is 1.42. The predicted octanol–water partition coefficient (Wildman–Crippen LogP) is 3.43. The Balaban J connectivity index is 2.02. The van der Waals surface area contributed by atoms with Gasteiger partial charge in [-0.1, -0.05) is 38.1 Å². The zero-order valence-corrected chi connectivity index (χ0v) is 14.4. The van der Waals surface area contributed by atoms with E-state index in [0.717, 1.165) is 23.2 Å². The molecular weight excluding hydrogens is 310 g/mol. The summed E-state index contributed by atoms with van der Waals surface area (Å²) in [4.78, 5) is 27.3. The second-order valence-electron chi connectivity index (χ2n) is 5.44. The highest BCUT2D eigenvalue weighted by molar-refractivity contribution is 7.14. The summed E-state index contributed by atoms with van der Waals surface area (Å²) in [7, 11) is 0. The van der Waals surface area contributed by atoms with Gasteiger partial charge in [-0.3, -0.25) is 9.59 Å². The fourth-order valence-corrected chi connectivity index (χ4v) is 2.62. The predicted molar refractivity (Wildman–Crippen MR) is 93.2 cm³/mol. The minimum atomic E-state index is -0.0460. The van der Waals surface area contributed by atoms with Gasteiger partial charge < -0.3 is 10.6 Å². The quantitative estimate of drug-likeness (QED) is 0.852. The molecule has 2 aromatic rings. The molecule has 2 amide bonds. The molecule has 0 aliphatic carbocycles. The third kappa shape index (κ3) is 4.89. The van der Waals surface area contributed by atoms with Gasteiger partial charge in [-0.05, 0) is 12.0 Å². The summed E-state index contributed by atoms with van der Waals surface area (Å²) in [6.07, 6.45) is 0.805. The standard InChI is InChI=1S/C17H21N3O2S/c1-4-11(2)16(22)20-17-19-15(10-23-17)14-7-5-13(6-8-14)9-18-12(3)21/h5-8,10-11H,4,9H2,1-3H3,(H,18,21)(H,19,20,22). The molecule has 6 heteroatoms. The van der Waals surface area contributed by atoms with Gasteiger partial charge in [-0.2, -0.15) is 0 Å². The number of benzene rings is 1. The number of rotatable bonds is 6. The summed E-state index contributed by atoms with van der Waals surface area (Å²) in [5.74, 6) is -0.0651. The molecule has 0 radical (unpaired) electrons. The Hall–Kier alpha value is -2.21. The van der Waals surface area contributed by atoms with Gasteiger partial charge in [0.05, 0.1) is 5.69 Å². The average molecular weight is 331 g/mol. The van der Waals surface area contributed by atoms with Crippen molar-refractivity contribution in [1.29, 1.82) is 0 Å². The highest BCUT2D eigenvalue weighted by Gasteiger charge is 2.13. The van der Waals surface area contributed by atoms with Crippen molar-refractivity contribution in [2.24, 2.45) is 5.92 Å². The Labute approximate surface area is 140 Å². The van der Waals surface area contributed by atoms with E-state index in [0.29, 0.717) is 11.7 Å². The number of hydrogen-bond donors (Lipinski definition) is 2. The van der Waals surface area contributed by atoms with E-state index in [4.69, 9.17) is 0 Å². The van der Waals surface area contributed by atoms with Crippen molar-refractivity contribution >= 4 is 28.3 Å². The molecule has 1 aromatic heterocycles. The number of thiazole rings is 1. The van der Waals surface area contributed by atoms with E-state index in [-0.39, 0.29) is 17.7 Å². The van der Waals surface area contributed by atoms with Crippen molar-refractivity contribution in [3.8, 4) is 11.3 Å². The lowest BCUT2D eigenvalue weighted by Crippen LogP contribution is -2.19. The SMILES string of the molecule is CCC(C)C(=O)Nc1nc(-c2ccc(CNC(C)=O)cc2)cs1. The molecule has 1 aromatic carbocycles. The zero-order chi connectivity index (χ0) is 16.8. The van der Waals surface area contributed by atoms with Gasteiger partial charge in [0, 0.05) is 30.3 Å². The molecule has 0 fully saturated rings. The van der Waals surface area contributed by atoms with Gasteiger partial charge in [-0.25, -0.2) is 4.98 Å². The molecule has 1 heterocycles. The normalized spacial score (nSPS) is 11.8. The second-order valence-corrected chi connectivity index (χ2v) is 6.30. The zero-order valence-electron chi connectivity index (χ0n) is 13.6. The number of amides is 2. The molecule has 122 valence electrons. The van der Waals surface area contributed by atoms with Crippen LogP contribution in [0.4, 0.5) is 5.13 Å². The minimum absolute atomic E-state index is 0.000875. The lowest BCUT2D eigenvalue weighted by atomic mass is 10.1. The topological polar surface area (TPSA) is 71.1 Å². The van der Waals surface area contributed by atoms with E-state index >= 15 is 0 Å². The van der Waals surface area contributed by atoms with Crippen LogP contribution in [-0.2, 0) is 16.1 Å². The highest BCUT2D eigenvalue weighted by atomic mass is 32.1. The summed E-state index contributed by atoms with van der Waals surface area (Å²) in [5, 5.41) is 8.15. The molecular formula is C17H21N3O2S. The number of aromatic nitrogens is 1. The lowest BCUT2D eigenvalue weighted by molar-refractivity contribution is -0.120. The lowest BCUT2D eigenvalue weighted by Gasteiger charge is -2.06. The van der Waals surface area contributed by atoms with Crippen molar-refractivity contribution in [2.45, 2.75) is 33.7 Å². The van der Waals surface area contributed by atoms with Crippen LogP contribution in [0.2, 0.25) is 0 Å². The largest absolute Gasteiger partial charge is 0.352 e. The van der Waals surface area contributed by atoms with Crippen molar-refractivity contribution in [3.05, 3.63) is 35.2 Å². The number of hydrogen-bond acceptors (Lipinski definition) is 4. The van der Waals surface area contributed by atoms with Crippen LogP contribution in [0.15, 0.2) is 29.6 Å². The van der Waals surface area contributed by atoms with Crippen LogP contribution < -0.4 is 10.6 Å². The van der Waals surface area contributed by atoms with Crippen molar-refractivity contribution in [3.63, 3.8) is 0 Å². The summed E-state index contributed by atoms with van der Waals surface area (Å²) in [6.45, 7) is 5.90. The number of carbonyl (C=O) groups is 2. The molecule has 0 bridgehead atoms. The third-order valence-electron chi connectivity index (χ3n) is 3.59. The molecule has 1 atom stereocenters. The first-order valence-corrected chi connectivity index (χ1v) is 8.47. The monoisotopic (exact) mass is 331 g/mol. The first-order chi connectivity index (χ1) is 11.0. The van der Waals surface area contributed by atoms with Gasteiger partial charge in [0.25, 0.3) is 0 Å². The Morgan fingerprint density at radius 1 is 1.26 bits per heavy atom. The van der Waals surface area contributed by atoms with Crippen LogP contribution in [0, 0.1) is 5.92 Å². The van der Waals surface area contributed by atoms with Gasteiger partial charge in [0.15, 0.2) is 5.13 Å². The van der Waals surface area contributed by atoms with Crippen molar-refractivity contribution in [2.75, 3.05) is 5.32 Å².